The average Bonchev–Trinajstić information content (AvgIpc) is 2.85. The third kappa shape index (κ3) is 5.12. The smallest absolute Gasteiger partial charge is 0.196 e. The van der Waals surface area contributed by atoms with E-state index in [-0.39, 0.29) is 33.9 Å². The maximum Gasteiger partial charge on any atom is 0.196 e. The Hall–Kier alpha value is -3.26. The summed E-state index contributed by atoms with van der Waals surface area (Å²) in [4.78, 5) is 8.02. The van der Waals surface area contributed by atoms with Gasteiger partial charge in [0.05, 0.1) is 31.5 Å². The fourth-order valence-electron chi connectivity index (χ4n) is 3.09. The molecular formula is C21H21F4N3O6. The molecule has 0 fully saturated rings. The second-order valence-electron chi connectivity index (χ2n) is 7.11. The maximum atomic E-state index is 14.1. The summed E-state index contributed by atoms with van der Waals surface area (Å²) in [7, 11) is 1.27. The first-order valence-corrected chi connectivity index (χ1v) is 9.83. The van der Waals surface area contributed by atoms with E-state index >= 15 is 0 Å². The van der Waals surface area contributed by atoms with Crippen molar-refractivity contribution in [2.45, 2.75) is 24.5 Å². The first-order chi connectivity index (χ1) is 16.2. The molecule has 0 spiro atoms. The first kappa shape index (κ1) is 25.4. The summed E-state index contributed by atoms with van der Waals surface area (Å²) in [6.45, 7) is -1.88. The van der Waals surface area contributed by atoms with Crippen LogP contribution in [0.1, 0.15) is 0 Å². The largest absolute Gasteiger partial charge is 0.493 e. The minimum absolute atomic E-state index is 0.0112. The van der Waals surface area contributed by atoms with Crippen LogP contribution in [-0.2, 0) is 0 Å². The number of benzene rings is 2. The lowest BCUT2D eigenvalue weighted by atomic mass is 10.0. The molecule has 0 saturated carbocycles. The number of aliphatic hydroxyl groups is 4. The minimum Gasteiger partial charge on any atom is -0.493 e. The van der Waals surface area contributed by atoms with Crippen molar-refractivity contribution in [1.29, 1.82) is 0 Å². The van der Waals surface area contributed by atoms with Gasteiger partial charge in [0.1, 0.15) is 24.4 Å². The van der Waals surface area contributed by atoms with Gasteiger partial charge in [0.15, 0.2) is 41.2 Å². The van der Waals surface area contributed by atoms with Gasteiger partial charge >= 0.3 is 0 Å². The van der Waals surface area contributed by atoms with E-state index in [1.54, 1.807) is 0 Å². The molecule has 4 atom stereocenters. The highest BCUT2D eigenvalue weighted by Crippen LogP contribution is 2.36. The third-order valence-electron chi connectivity index (χ3n) is 4.94. The molecule has 0 aliphatic carbocycles. The Labute approximate surface area is 190 Å². The molecule has 0 amide bonds. The van der Waals surface area contributed by atoms with Gasteiger partial charge in [-0.1, -0.05) is 0 Å². The lowest BCUT2D eigenvalue weighted by Crippen LogP contribution is -2.48. The van der Waals surface area contributed by atoms with Crippen molar-refractivity contribution in [2.24, 2.45) is 0 Å². The number of nitrogens with one attached hydrogen (secondary N) is 1. The fraction of sp³-hybridized carbons (Fsp3) is 0.333. The number of alkyl halides is 1. The molecule has 0 aliphatic rings. The lowest BCUT2D eigenvalue weighted by molar-refractivity contribution is -0.0981. The molecule has 0 aliphatic heterocycles. The zero-order valence-corrected chi connectivity index (χ0v) is 17.6. The van der Waals surface area contributed by atoms with E-state index in [4.69, 9.17) is 14.6 Å². The summed E-state index contributed by atoms with van der Waals surface area (Å²) in [6.07, 6.45) is -6.55. The number of ether oxygens (including phenoxy) is 2. The minimum atomic E-state index is -2.18. The number of aliphatic hydroxyl groups excluding tert-OH is 4. The van der Waals surface area contributed by atoms with Gasteiger partial charge in [-0.2, -0.15) is 0 Å². The van der Waals surface area contributed by atoms with Crippen LogP contribution in [0.4, 0.5) is 29.1 Å². The van der Waals surface area contributed by atoms with Crippen LogP contribution in [-0.4, -0.2) is 75.2 Å². The number of hydrogen-bond donors (Lipinski definition) is 5. The van der Waals surface area contributed by atoms with E-state index in [2.05, 4.69) is 15.3 Å². The van der Waals surface area contributed by atoms with Gasteiger partial charge in [-0.15, -0.1) is 0 Å². The molecule has 0 bridgehead atoms. The number of methoxy groups -OCH3 is 1. The fourth-order valence-corrected chi connectivity index (χ4v) is 3.09. The van der Waals surface area contributed by atoms with Crippen LogP contribution in [0.25, 0.3) is 10.9 Å². The van der Waals surface area contributed by atoms with E-state index in [0.29, 0.717) is 0 Å². The van der Waals surface area contributed by atoms with Crippen molar-refractivity contribution < 1.29 is 47.5 Å². The summed E-state index contributed by atoms with van der Waals surface area (Å²) in [6, 6.07) is 4.39. The van der Waals surface area contributed by atoms with E-state index in [1.165, 1.54) is 19.2 Å². The summed E-state index contributed by atoms with van der Waals surface area (Å²) >= 11 is 0. The zero-order chi connectivity index (χ0) is 25.0. The van der Waals surface area contributed by atoms with Gasteiger partial charge in [0, 0.05) is 11.5 Å². The van der Waals surface area contributed by atoms with Gasteiger partial charge in [-0.3, -0.25) is 0 Å². The van der Waals surface area contributed by atoms with Crippen LogP contribution in [0.5, 0.6) is 11.5 Å². The van der Waals surface area contributed by atoms with Crippen molar-refractivity contribution in [3.8, 4) is 11.5 Å². The SMILES string of the molecule is COc1cc2c(Nc3ccc(F)c(F)c3F)ncnc2cc1O[C@H](CO)[C@H](O)[C@@H](O)[C@H](F)CO. The Morgan fingerprint density at radius 3 is 2.35 bits per heavy atom. The standard InChI is InChI=1S/C21H21F4N3O6/c1-33-14-4-9-13(5-15(14)34-16(7-30)20(32)19(31)11(23)6-29)26-8-27-21(9)28-12-3-2-10(22)17(24)18(12)25/h2-5,8,11,16,19-20,29-32H,6-7H2,1H3,(H,26,27,28)/t11-,16-,19+,20+/m1/s1. The quantitative estimate of drug-likeness (QED) is 0.213. The molecule has 184 valence electrons. The Kier molecular flexibility index (Phi) is 8.04. The number of hydrogen-bond acceptors (Lipinski definition) is 9. The number of fused-ring (bicyclic) bond motifs is 1. The molecule has 3 aromatic rings. The molecule has 2 aromatic carbocycles. The molecule has 3 rings (SSSR count). The molecule has 0 saturated heterocycles. The monoisotopic (exact) mass is 487 g/mol. The first-order valence-electron chi connectivity index (χ1n) is 9.83. The molecule has 34 heavy (non-hydrogen) atoms. The molecular weight excluding hydrogens is 466 g/mol. The van der Waals surface area contributed by atoms with Crippen LogP contribution in [0.15, 0.2) is 30.6 Å². The Balaban J connectivity index is 1.96. The highest BCUT2D eigenvalue weighted by molar-refractivity contribution is 5.93. The van der Waals surface area contributed by atoms with Gasteiger partial charge in [-0.05, 0) is 18.2 Å². The second kappa shape index (κ2) is 10.8. The summed E-state index contributed by atoms with van der Waals surface area (Å²) < 4.78 is 65.2. The Morgan fingerprint density at radius 1 is 0.971 bits per heavy atom. The normalized spacial score (nSPS) is 15.0. The number of anilines is 2. The van der Waals surface area contributed by atoms with Crippen LogP contribution in [0.2, 0.25) is 0 Å². The Morgan fingerprint density at radius 2 is 1.71 bits per heavy atom. The molecule has 1 aromatic heterocycles. The van der Waals surface area contributed by atoms with Crippen molar-refractivity contribution in [3.05, 3.63) is 48.0 Å². The van der Waals surface area contributed by atoms with Crippen LogP contribution in [0.3, 0.4) is 0 Å². The molecule has 0 radical (unpaired) electrons. The third-order valence-corrected chi connectivity index (χ3v) is 4.94. The van der Waals surface area contributed by atoms with Crippen molar-refractivity contribution >= 4 is 22.4 Å². The average molecular weight is 487 g/mol. The molecule has 0 unspecified atom stereocenters. The second-order valence-corrected chi connectivity index (χ2v) is 7.11. The number of nitrogens with zero attached hydrogens (tertiary/aromatic N) is 2. The van der Waals surface area contributed by atoms with Gasteiger partial charge in [-0.25, -0.2) is 27.5 Å². The molecule has 1 heterocycles. The molecule has 9 nitrogen and oxygen atoms in total. The number of halogens is 4. The van der Waals surface area contributed by atoms with Gasteiger partial charge in [0.25, 0.3) is 0 Å². The van der Waals surface area contributed by atoms with Crippen LogP contribution >= 0.6 is 0 Å². The molecule has 5 N–H and O–H groups in total. The topological polar surface area (TPSA) is 137 Å². The zero-order valence-electron chi connectivity index (χ0n) is 17.6. The highest BCUT2D eigenvalue weighted by atomic mass is 19.2. The van der Waals surface area contributed by atoms with E-state index in [1.807, 2.05) is 0 Å². The summed E-state index contributed by atoms with van der Waals surface area (Å²) in [5, 5.41) is 41.1. The predicted molar refractivity (Wildman–Crippen MR) is 111 cm³/mol. The molecule has 13 heteroatoms. The van der Waals surface area contributed by atoms with Gasteiger partial charge in [0.2, 0.25) is 0 Å². The Bertz CT molecular complexity index is 1160. The van der Waals surface area contributed by atoms with Crippen molar-refractivity contribution in [3.63, 3.8) is 0 Å². The lowest BCUT2D eigenvalue weighted by Gasteiger charge is -2.28. The van der Waals surface area contributed by atoms with E-state index < -0.39 is 55.1 Å². The maximum absolute atomic E-state index is 14.1. The van der Waals surface area contributed by atoms with Crippen molar-refractivity contribution in [1.82, 2.24) is 9.97 Å². The summed E-state index contributed by atoms with van der Waals surface area (Å²) in [5.41, 5.74) is -0.193. The van der Waals surface area contributed by atoms with Gasteiger partial charge < -0.3 is 35.2 Å². The highest BCUT2D eigenvalue weighted by Gasteiger charge is 2.34. The van der Waals surface area contributed by atoms with Crippen LogP contribution in [0, 0.1) is 17.5 Å². The van der Waals surface area contributed by atoms with Crippen LogP contribution < -0.4 is 14.8 Å². The number of aromatic nitrogens is 2. The van der Waals surface area contributed by atoms with E-state index in [0.717, 1.165) is 18.5 Å². The van der Waals surface area contributed by atoms with E-state index in [9.17, 15) is 32.9 Å². The predicted octanol–water partition coefficient (Wildman–Crippen LogP) is 1.59. The number of rotatable bonds is 10. The summed E-state index contributed by atoms with van der Waals surface area (Å²) in [5.74, 6) is -4.51. The van der Waals surface area contributed by atoms with Crippen molar-refractivity contribution in [2.75, 3.05) is 25.6 Å².